The summed E-state index contributed by atoms with van der Waals surface area (Å²) in [6.07, 6.45) is -3.45. The first-order chi connectivity index (χ1) is 9.18. The summed E-state index contributed by atoms with van der Waals surface area (Å²) >= 11 is 0. The van der Waals surface area contributed by atoms with Crippen LogP contribution in [-0.4, -0.2) is 20.1 Å². The second-order valence-corrected chi connectivity index (χ2v) is 4.59. The quantitative estimate of drug-likeness (QED) is 0.581. The molecule has 1 aromatic carbocycles. The molecule has 0 saturated heterocycles. The Morgan fingerprint density at radius 1 is 1.00 bits per heavy atom. The van der Waals surface area contributed by atoms with Crippen LogP contribution in [0.5, 0.6) is 0 Å². The van der Waals surface area contributed by atoms with Gasteiger partial charge in [-0.3, -0.25) is 0 Å². The van der Waals surface area contributed by atoms with E-state index in [1.165, 1.54) is 12.1 Å². The van der Waals surface area contributed by atoms with Crippen LogP contribution in [-0.2, 0) is 6.18 Å². The molecule has 0 radical (unpaired) electrons. The summed E-state index contributed by atoms with van der Waals surface area (Å²) in [6.45, 7) is -4.75. The molecule has 1 heterocycles. The van der Waals surface area contributed by atoms with Crippen LogP contribution in [0.1, 0.15) is 12.0 Å². The third-order valence-corrected chi connectivity index (χ3v) is 3.22. The molecule has 0 atom stereocenters. The number of hydrogen-bond donors (Lipinski definition) is 0. The van der Waals surface area contributed by atoms with Gasteiger partial charge in [0.15, 0.2) is 0 Å². The summed E-state index contributed by atoms with van der Waals surface area (Å²) < 4.78 is 74.7. The van der Waals surface area contributed by atoms with Gasteiger partial charge in [-0.25, -0.2) is 0 Å². The molecule has 0 N–H and O–H groups in total. The van der Waals surface area contributed by atoms with E-state index in [-0.39, 0.29) is 70.9 Å². The van der Waals surface area contributed by atoms with Crippen molar-refractivity contribution in [2.24, 2.45) is 0 Å². The van der Waals surface area contributed by atoms with E-state index >= 15 is 0 Å². The van der Waals surface area contributed by atoms with Crippen molar-refractivity contribution in [1.29, 1.82) is 0 Å². The van der Waals surface area contributed by atoms with E-state index < -0.39 is 24.2 Å². The van der Waals surface area contributed by atoms with Gasteiger partial charge in [0.05, 0.1) is 5.56 Å². The van der Waals surface area contributed by atoms with Crippen molar-refractivity contribution in [2.45, 2.75) is 12.6 Å². The monoisotopic (exact) mass is 333 g/mol. The van der Waals surface area contributed by atoms with Crippen LogP contribution in [0.2, 0.25) is 0 Å². The van der Waals surface area contributed by atoms with Gasteiger partial charge < -0.3 is 17.8 Å². The summed E-state index contributed by atoms with van der Waals surface area (Å²) in [5, 5.41) is 0. The molecule has 1 aliphatic rings. The Balaban J connectivity index is 0.00000220. The molecule has 110 valence electrons. The fourth-order valence-corrected chi connectivity index (χ4v) is 2.08. The maximum atomic E-state index is 12.5. The predicted molar refractivity (Wildman–Crippen MR) is 65.4 cm³/mol. The molecule has 1 aromatic rings. The molecule has 21 heavy (non-hydrogen) atoms. The molecular formula is C12H11BF6KN. The van der Waals surface area contributed by atoms with Gasteiger partial charge in [-0.1, -0.05) is 6.08 Å². The van der Waals surface area contributed by atoms with Gasteiger partial charge in [0.1, 0.15) is 0 Å². The van der Waals surface area contributed by atoms with Crippen LogP contribution >= 0.6 is 0 Å². The van der Waals surface area contributed by atoms with Crippen LogP contribution in [0, 0.1) is 0 Å². The third-order valence-electron chi connectivity index (χ3n) is 3.22. The van der Waals surface area contributed by atoms with E-state index in [1.807, 2.05) is 0 Å². The maximum Gasteiger partial charge on any atom is 1.00 e. The number of benzene rings is 1. The average molecular weight is 333 g/mol. The van der Waals surface area contributed by atoms with Crippen LogP contribution in [0.15, 0.2) is 35.8 Å². The Labute approximate surface area is 160 Å². The maximum absolute atomic E-state index is 12.5. The van der Waals surface area contributed by atoms with Crippen molar-refractivity contribution in [3.8, 4) is 0 Å². The van der Waals surface area contributed by atoms with E-state index in [9.17, 15) is 26.1 Å². The van der Waals surface area contributed by atoms with Gasteiger partial charge in [-0.2, -0.15) is 13.2 Å². The first-order valence-electron chi connectivity index (χ1n) is 5.99. The molecule has 0 amide bonds. The molecule has 0 fully saturated rings. The summed E-state index contributed by atoms with van der Waals surface area (Å²) in [5.74, 6) is 0. The van der Waals surface area contributed by atoms with E-state index in [4.69, 9.17) is 0 Å². The van der Waals surface area contributed by atoms with Crippen LogP contribution in [0.4, 0.5) is 31.8 Å². The van der Waals surface area contributed by atoms with Crippen LogP contribution < -0.4 is 56.3 Å². The molecule has 9 heteroatoms. The molecule has 0 saturated carbocycles. The van der Waals surface area contributed by atoms with Gasteiger partial charge in [0, 0.05) is 18.8 Å². The van der Waals surface area contributed by atoms with Gasteiger partial charge in [0.2, 0.25) is 0 Å². The predicted octanol–water partition coefficient (Wildman–Crippen LogP) is 1.23. The summed E-state index contributed by atoms with van der Waals surface area (Å²) in [5.41, 5.74) is -0.802. The summed E-state index contributed by atoms with van der Waals surface area (Å²) in [7, 11) is 0. The number of hydrogen-bond acceptors (Lipinski definition) is 1. The third kappa shape index (κ3) is 5.02. The molecule has 2 rings (SSSR count). The van der Waals surface area contributed by atoms with Crippen molar-refractivity contribution >= 4 is 12.7 Å². The standard InChI is InChI=1S/C12H11BF6N.K/c14-12(15,16)9-1-3-11(4-2-9)20-7-5-10(6-8-20)13(17,18)19;/h1-5H,6-8H2;/q-1;+1. The van der Waals surface area contributed by atoms with Gasteiger partial charge >= 0.3 is 64.5 Å². The molecule has 0 bridgehead atoms. The number of nitrogens with zero attached hydrogens (tertiary/aromatic N) is 1. The van der Waals surface area contributed by atoms with Crippen molar-refractivity contribution < 1.29 is 77.5 Å². The van der Waals surface area contributed by atoms with Crippen molar-refractivity contribution in [2.75, 3.05) is 18.0 Å². The van der Waals surface area contributed by atoms with Gasteiger partial charge in [-0.05, 0) is 30.7 Å². The summed E-state index contributed by atoms with van der Waals surface area (Å²) in [6, 6.07) is 4.42. The van der Waals surface area contributed by atoms with Crippen molar-refractivity contribution in [3.63, 3.8) is 0 Å². The number of halogens is 6. The zero-order valence-electron chi connectivity index (χ0n) is 11.3. The fourth-order valence-electron chi connectivity index (χ4n) is 2.08. The summed E-state index contributed by atoms with van der Waals surface area (Å²) in [4.78, 5) is 1.62. The SMILES string of the molecule is F[B-](F)(F)C1=CCN(c2ccc(C(F)(F)F)cc2)CC1.[K+]. The minimum atomic E-state index is -4.96. The number of rotatable bonds is 2. The van der Waals surface area contributed by atoms with E-state index in [0.29, 0.717) is 5.69 Å². The molecule has 0 unspecified atom stereocenters. The average Bonchev–Trinajstić information content (AvgIpc) is 2.37. The molecule has 1 aliphatic heterocycles. The van der Waals surface area contributed by atoms with E-state index in [2.05, 4.69) is 0 Å². The smallest absolute Gasteiger partial charge is 0.445 e. The number of anilines is 1. The normalized spacial score (nSPS) is 16.3. The van der Waals surface area contributed by atoms with Crippen LogP contribution in [0.3, 0.4) is 0 Å². The van der Waals surface area contributed by atoms with Gasteiger partial charge in [0.25, 0.3) is 0 Å². The Morgan fingerprint density at radius 3 is 1.95 bits per heavy atom. The molecule has 0 aromatic heterocycles. The van der Waals surface area contributed by atoms with Crippen molar-refractivity contribution in [3.05, 3.63) is 41.4 Å². The van der Waals surface area contributed by atoms with E-state index in [0.717, 1.165) is 18.2 Å². The molecular weight excluding hydrogens is 322 g/mol. The Bertz CT molecular complexity index is 508. The first-order valence-corrected chi connectivity index (χ1v) is 5.99. The zero-order chi connectivity index (χ0) is 15.0. The minimum Gasteiger partial charge on any atom is -0.445 e. The Kier molecular flexibility index (Phi) is 6.43. The topological polar surface area (TPSA) is 3.24 Å². The van der Waals surface area contributed by atoms with E-state index in [1.54, 1.807) is 4.90 Å². The van der Waals surface area contributed by atoms with Crippen LogP contribution in [0.25, 0.3) is 0 Å². The molecule has 1 nitrogen and oxygen atoms in total. The second-order valence-electron chi connectivity index (χ2n) is 4.59. The molecule has 0 spiro atoms. The van der Waals surface area contributed by atoms with Crippen molar-refractivity contribution in [1.82, 2.24) is 0 Å². The second kappa shape index (κ2) is 7.08. The zero-order valence-corrected chi connectivity index (χ0v) is 14.4. The minimum absolute atomic E-state index is 0. The largest absolute Gasteiger partial charge is 1.00 e. The first kappa shape index (κ1) is 19.1. The van der Waals surface area contributed by atoms with Gasteiger partial charge in [-0.15, -0.1) is 5.47 Å². The Morgan fingerprint density at radius 2 is 1.57 bits per heavy atom. The fraction of sp³-hybridized carbons (Fsp3) is 0.333. The number of alkyl halides is 3. The Hall–Kier alpha value is 0.0413. The molecule has 0 aliphatic carbocycles.